The molecule has 1 atom stereocenters. The molecule has 0 heterocycles. The molecule has 0 saturated heterocycles. The minimum Gasteiger partial charge on any atom is -0.491 e. The smallest absolute Gasteiger partial charge is 0.326 e. The van der Waals surface area contributed by atoms with Crippen LogP contribution in [0.15, 0.2) is 18.2 Å². The van der Waals surface area contributed by atoms with Gasteiger partial charge in [0, 0.05) is 0 Å². The lowest BCUT2D eigenvalue weighted by Gasteiger charge is -2.14. The Morgan fingerprint density at radius 2 is 2.06 bits per heavy atom. The summed E-state index contributed by atoms with van der Waals surface area (Å²) in [6.07, 6.45) is 0. The number of esters is 1. The van der Waals surface area contributed by atoms with E-state index in [0.29, 0.717) is 5.92 Å². The van der Waals surface area contributed by atoms with Gasteiger partial charge in [-0.1, -0.05) is 19.9 Å². The van der Waals surface area contributed by atoms with E-state index in [1.54, 1.807) is 0 Å². The van der Waals surface area contributed by atoms with Crippen molar-refractivity contribution in [1.29, 1.82) is 0 Å². The van der Waals surface area contributed by atoms with Crippen LogP contribution in [0, 0.1) is 6.92 Å². The summed E-state index contributed by atoms with van der Waals surface area (Å²) in [6.45, 7) is 6.46. The maximum Gasteiger partial charge on any atom is 0.326 e. The summed E-state index contributed by atoms with van der Waals surface area (Å²) in [4.78, 5) is 11.1. The van der Waals surface area contributed by atoms with Gasteiger partial charge in [0.1, 0.15) is 18.4 Å². The zero-order chi connectivity index (χ0) is 13.7. The largest absolute Gasteiger partial charge is 0.491 e. The minimum atomic E-state index is -0.750. The molecule has 0 aromatic heterocycles. The van der Waals surface area contributed by atoms with Crippen LogP contribution in [0.3, 0.4) is 0 Å². The number of carbonyl (C=O) groups is 1. The Morgan fingerprint density at radius 1 is 1.39 bits per heavy atom. The number of hydrogen-bond donors (Lipinski definition) is 1. The summed E-state index contributed by atoms with van der Waals surface area (Å²) in [7, 11) is 1.31. The molecule has 0 radical (unpaired) electrons. The molecule has 0 aliphatic carbocycles. The molecule has 100 valence electrons. The lowest BCUT2D eigenvalue weighted by molar-refractivity contribution is -0.142. The highest BCUT2D eigenvalue weighted by atomic mass is 16.5. The van der Waals surface area contributed by atoms with Gasteiger partial charge in [-0.3, -0.25) is 4.79 Å². The highest BCUT2D eigenvalue weighted by Crippen LogP contribution is 2.23. The molecule has 1 aromatic carbocycles. The highest BCUT2D eigenvalue weighted by molar-refractivity contribution is 5.75. The van der Waals surface area contributed by atoms with Crippen LogP contribution in [0.1, 0.15) is 30.9 Å². The number of methoxy groups -OCH3 is 1. The van der Waals surface area contributed by atoms with Crippen molar-refractivity contribution in [3.63, 3.8) is 0 Å². The molecule has 0 bridgehead atoms. The monoisotopic (exact) mass is 251 g/mol. The normalized spacial score (nSPS) is 12.3. The molecule has 4 nitrogen and oxygen atoms in total. The molecule has 1 aromatic rings. The van der Waals surface area contributed by atoms with Gasteiger partial charge in [0.25, 0.3) is 0 Å². The van der Waals surface area contributed by atoms with Crippen LogP contribution in [0.5, 0.6) is 5.75 Å². The predicted molar refractivity (Wildman–Crippen MR) is 70.8 cm³/mol. The van der Waals surface area contributed by atoms with Crippen molar-refractivity contribution in [2.24, 2.45) is 5.73 Å². The van der Waals surface area contributed by atoms with E-state index in [4.69, 9.17) is 10.5 Å². The van der Waals surface area contributed by atoms with E-state index in [1.807, 2.05) is 25.1 Å². The van der Waals surface area contributed by atoms with E-state index in [2.05, 4.69) is 18.6 Å². The van der Waals surface area contributed by atoms with Gasteiger partial charge in [0.2, 0.25) is 0 Å². The lowest BCUT2D eigenvalue weighted by Crippen LogP contribution is -2.37. The van der Waals surface area contributed by atoms with Gasteiger partial charge in [-0.15, -0.1) is 0 Å². The second-order valence-corrected chi connectivity index (χ2v) is 4.61. The first-order chi connectivity index (χ1) is 8.45. The van der Waals surface area contributed by atoms with Gasteiger partial charge >= 0.3 is 5.97 Å². The third-order valence-corrected chi connectivity index (χ3v) is 2.80. The van der Waals surface area contributed by atoms with Gasteiger partial charge in [-0.25, -0.2) is 0 Å². The van der Waals surface area contributed by atoms with E-state index in [-0.39, 0.29) is 6.61 Å². The van der Waals surface area contributed by atoms with Gasteiger partial charge in [-0.05, 0) is 36.1 Å². The van der Waals surface area contributed by atoms with Crippen molar-refractivity contribution in [3.05, 3.63) is 29.3 Å². The number of benzene rings is 1. The molecule has 0 aliphatic heterocycles. The van der Waals surface area contributed by atoms with Crippen LogP contribution < -0.4 is 10.5 Å². The van der Waals surface area contributed by atoms with Crippen LogP contribution in [0.2, 0.25) is 0 Å². The zero-order valence-electron chi connectivity index (χ0n) is 11.4. The maximum absolute atomic E-state index is 11.1. The lowest BCUT2D eigenvalue weighted by atomic mass is 9.98. The van der Waals surface area contributed by atoms with Crippen molar-refractivity contribution in [1.82, 2.24) is 0 Å². The Hall–Kier alpha value is -1.55. The fraction of sp³-hybridized carbons (Fsp3) is 0.500. The van der Waals surface area contributed by atoms with Crippen LogP contribution in [-0.4, -0.2) is 25.7 Å². The van der Waals surface area contributed by atoms with Gasteiger partial charge in [0.15, 0.2) is 0 Å². The number of aryl methyl sites for hydroxylation is 1. The van der Waals surface area contributed by atoms with Crippen molar-refractivity contribution in [3.8, 4) is 5.75 Å². The Labute approximate surface area is 108 Å². The average Bonchev–Trinajstić information content (AvgIpc) is 2.34. The van der Waals surface area contributed by atoms with Gasteiger partial charge in [-0.2, -0.15) is 0 Å². The van der Waals surface area contributed by atoms with E-state index in [0.717, 1.165) is 5.75 Å². The number of ether oxygens (including phenoxy) is 2. The number of nitrogens with two attached hydrogens (primary N) is 1. The topological polar surface area (TPSA) is 61.5 Å². The summed E-state index contributed by atoms with van der Waals surface area (Å²) >= 11 is 0. The summed E-state index contributed by atoms with van der Waals surface area (Å²) in [6, 6.07) is 5.14. The van der Waals surface area contributed by atoms with Crippen LogP contribution >= 0.6 is 0 Å². The molecular weight excluding hydrogens is 230 g/mol. The van der Waals surface area contributed by atoms with Crippen LogP contribution in [0.4, 0.5) is 0 Å². The predicted octanol–water partition coefficient (Wildman–Crippen LogP) is 2.00. The Balaban J connectivity index is 2.64. The van der Waals surface area contributed by atoms with E-state index in [1.165, 1.54) is 18.2 Å². The second-order valence-electron chi connectivity index (χ2n) is 4.61. The highest BCUT2D eigenvalue weighted by Gasteiger charge is 2.14. The summed E-state index contributed by atoms with van der Waals surface area (Å²) < 4.78 is 10.0. The second kappa shape index (κ2) is 6.40. The number of rotatable bonds is 5. The average molecular weight is 251 g/mol. The summed E-state index contributed by atoms with van der Waals surface area (Å²) in [5.74, 6) is 0.734. The molecule has 2 N–H and O–H groups in total. The van der Waals surface area contributed by atoms with Crippen molar-refractivity contribution in [2.75, 3.05) is 13.7 Å². The fourth-order valence-electron chi connectivity index (χ4n) is 1.79. The molecule has 4 heteroatoms. The first kappa shape index (κ1) is 14.5. The summed E-state index contributed by atoms with van der Waals surface area (Å²) in [5, 5.41) is 0. The quantitative estimate of drug-likeness (QED) is 0.813. The standard InChI is InChI=1S/C14H21NO3/c1-9(2)12-6-5-11(7-10(12)3)18-8-13(15)14(16)17-4/h5-7,9,13H,8,15H2,1-4H3. The Morgan fingerprint density at radius 3 is 2.56 bits per heavy atom. The van der Waals surface area contributed by atoms with Crippen molar-refractivity contribution < 1.29 is 14.3 Å². The number of hydrogen-bond acceptors (Lipinski definition) is 4. The third-order valence-electron chi connectivity index (χ3n) is 2.80. The van der Waals surface area contributed by atoms with E-state index >= 15 is 0 Å². The first-order valence-electron chi connectivity index (χ1n) is 6.02. The van der Waals surface area contributed by atoms with Gasteiger partial charge < -0.3 is 15.2 Å². The summed E-state index contributed by atoms with van der Waals surface area (Å²) in [5.41, 5.74) is 8.06. The molecule has 18 heavy (non-hydrogen) atoms. The number of carbonyl (C=O) groups excluding carboxylic acids is 1. The fourth-order valence-corrected chi connectivity index (χ4v) is 1.79. The molecule has 0 amide bonds. The maximum atomic E-state index is 11.1. The van der Waals surface area contributed by atoms with Crippen molar-refractivity contribution >= 4 is 5.97 Å². The molecule has 1 unspecified atom stereocenters. The molecule has 1 rings (SSSR count). The Bertz CT molecular complexity index is 416. The molecule has 0 saturated carbocycles. The molecular formula is C14H21NO3. The molecule has 0 aliphatic rings. The van der Waals surface area contributed by atoms with Crippen molar-refractivity contribution in [2.45, 2.75) is 32.7 Å². The Kier molecular flexibility index (Phi) is 5.16. The molecule has 0 spiro atoms. The van der Waals surface area contributed by atoms with Crippen LogP contribution in [0.25, 0.3) is 0 Å². The molecule has 0 fully saturated rings. The van der Waals surface area contributed by atoms with Crippen LogP contribution in [-0.2, 0) is 9.53 Å². The minimum absolute atomic E-state index is 0.118. The first-order valence-corrected chi connectivity index (χ1v) is 6.02. The zero-order valence-corrected chi connectivity index (χ0v) is 11.4. The van der Waals surface area contributed by atoms with E-state index < -0.39 is 12.0 Å². The van der Waals surface area contributed by atoms with E-state index in [9.17, 15) is 4.79 Å². The SMILES string of the molecule is COC(=O)C(N)COc1ccc(C(C)C)c(C)c1. The third kappa shape index (κ3) is 3.74. The van der Waals surface area contributed by atoms with Gasteiger partial charge in [0.05, 0.1) is 7.11 Å².